The minimum absolute atomic E-state index is 0.0358. The normalized spacial score (nSPS) is 23.2. The maximum Gasteiger partial charge on any atom is 0.254 e. The third kappa shape index (κ3) is 3.05. The van der Waals surface area contributed by atoms with Gasteiger partial charge in [0.15, 0.2) is 0 Å². The molecule has 0 bridgehead atoms. The van der Waals surface area contributed by atoms with Gasteiger partial charge in [0, 0.05) is 57.0 Å². The molecular weight excluding hydrogens is 332 g/mol. The van der Waals surface area contributed by atoms with E-state index in [0.717, 1.165) is 51.4 Å². The van der Waals surface area contributed by atoms with Crippen molar-refractivity contribution in [3.05, 3.63) is 46.4 Å². The van der Waals surface area contributed by atoms with Gasteiger partial charge in [-0.3, -0.25) is 14.5 Å². The van der Waals surface area contributed by atoms with Crippen molar-refractivity contribution >= 4 is 5.91 Å². The fraction of sp³-hybridized carbons (Fsp3) is 0.556. The van der Waals surface area contributed by atoms with Crippen LogP contribution < -0.4 is 5.56 Å². The monoisotopic (exact) mass is 356 g/mol. The molecule has 1 spiro atoms. The highest BCUT2D eigenvalue weighted by Crippen LogP contribution is 2.40. The van der Waals surface area contributed by atoms with Gasteiger partial charge in [0.05, 0.1) is 6.54 Å². The SMILES string of the molecule is Cn1cnnc1CN1CCC2(CCN(C(=O)c3ccn(C)c(=O)c3)C2)C1. The van der Waals surface area contributed by atoms with Crippen LogP contribution in [0.25, 0.3) is 0 Å². The molecule has 8 heteroatoms. The van der Waals surface area contributed by atoms with E-state index >= 15 is 0 Å². The van der Waals surface area contributed by atoms with Gasteiger partial charge in [0.1, 0.15) is 12.2 Å². The number of amides is 1. The smallest absolute Gasteiger partial charge is 0.254 e. The second kappa shape index (κ2) is 6.35. The molecule has 2 aromatic rings. The predicted octanol–water partition coefficient (Wildman–Crippen LogP) is 0.252. The van der Waals surface area contributed by atoms with Crippen LogP contribution in [0.2, 0.25) is 0 Å². The number of pyridine rings is 1. The van der Waals surface area contributed by atoms with E-state index in [1.54, 1.807) is 25.6 Å². The maximum absolute atomic E-state index is 12.8. The molecule has 2 fully saturated rings. The predicted molar refractivity (Wildman–Crippen MR) is 95.5 cm³/mol. The van der Waals surface area contributed by atoms with E-state index in [4.69, 9.17) is 0 Å². The van der Waals surface area contributed by atoms with Crippen LogP contribution in [0.3, 0.4) is 0 Å². The molecule has 4 rings (SSSR count). The molecule has 26 heavy (non-hydrogen) atoms. The summed E-state index contributed by atoms with van der Waals surface area (Å²) in [6.45, 7) is 4.30. The Morgan fingerprint density at radius 1 is 1.19 bits per heavy atom. The zero-order chi connectivity index (χ0) is 18.3. The number of rotatable bonds is 3. The first kappa shape index (κ1) is 17.0. The molecule has 138 valence electrons. The summed E-state index contributed by atoms with van der Waals surface area (Å²) in [6.07, 6.45) is 5.48. The Balaban J connectivity index is 1.41. The van der Waals surface area contributed by atoms with Gasteiger partial charge in [-0.05, 0) is 25.5 Å². The van der Waals surface area contributed by atoms with E-state index in [1.807, 2.05) is 16.5 Å². The summed E-state index contributed by atoms with van der Waals surface area (Å²) in [4.78, 5) is 28.9. The van der Waals surface area contributed by atoms with Crippen LogP contribution in [0.5, 0.6) is 0 Å². The number of carbonyl (C=O) groups excluding carboxylic acids is 1. The van der Waals surface area contributed by atoms with Gasteiger partial charge in [-0.15, -0.1) is 10.2 Å². The molecule has 2 aliphatic rings. The van der Waals surface area contributed by atoms with Gasteiger partial charge in [-0.1, -0.05) is 0 Å². The van der Waals surface area contributed by atoms with Gasteiger partial charge < -0.3 is 14.0 Å². The molecule has 1 unspecified atom stereocenters. The third-order valence-corrected chi connectivity index (χ3v) is 5.76. The minimum Gasteiger partial charge on any atom is -0.338 e. The summed E-state index contributed by atoms with van der Waals surface area (Å²) in [7, 11) is 3.65. The largest absolute Gasteiger partial charge is 0.338 e. The molecule has 0 aromatic carbocycles. The Kier molecular flexibility index (Phi) is 4.14. The summed E-state index contributed by atoms with van der Waals surface area (Å²) in [5, 5.41) is 8.11. The second-order valence-corrected chi connectivity index (χ2v) is 7.66. The average molecular weight is 356 g/mol. The van der Waals surface area contributed by atoms with E-state index in [2.05, 4.69) is 15.1 Å². The van der Waals surface area contributed by atoms with Gasteiger partial charge in [0.2, 0.25) is 0 Å². The summed E-state index contributed by atoms with van der Waals surface area (Å²) < 4.78 is 3.43. The lowest BCUT2D eigenvalue weighted by Gasteiger charge is -2.24. The Hall–Kier alpha value is -2.48. The Labute approximate surface area is 152 Å². The van der Waals surface area contributed by atoms with Crippen LogP contribution in [0.15, 0.2) is 29.5 Å². The van der Waals surface area contributed by atoms with Gasteiger partial charge in [-0.2, -0.15) is 0 Å². The second-order valence-electron chi connectivity index (χ2n) is 7.66. The quantitative estimate of drug-likeness (QED) is 0.788. The lowest BCUT2D eigenvalue weighted by molar-refractivity contribution is 0.0772. The van der Waals surface area contributed by atoms with Gasteiger partial charge in [-0.25, -0.2) is 0 Å². The lowest BCUT2D eigenvalue weighted by Crippen LogP contribution is -2.34. The van der Waals surface area contributed by atoms with Crippen LogP contribution in [0.1, 0.15) is 29.0 Å². The molecule has 4 heterocycles. The van der Waals surface area contributed by atoms with Crippen molar-refractivity contribution in [3.63, 3.8) is 0 Å². The van der Waals surface area contributed by atoms with E-state index in [9.17, 15) is 9.59 Å². The van der Waals surface area contributed by atoms with Gasteiger partial charge >= 0.3 is 0 Å². The number of hydrogen-bond acceptors (Lipinski definition) is 5. The number of carbonyl (C=O) groups is 1. The fourth-order valence-electron chi connectivity index (χ4n) is 4.12. The first-order valence-corrected chi connectivity index (χ1v) is 8.97. The summed E-state index contributed by atoms with van der Waals surface area (Å²) in [5.41, 5.74) is 0.494. The molecule has 2 aliphatic heterocycles. The van der Waals surface area contributed by atoms with Gasteiger partial charge in [0.25, 0.3) is 11.5 Å². The van der Waals surface area contributed by atoms with Crippen LogP contribution in [-0.2, 0) is 20.6 Å². The van der Waals surface area contributed by atoms with Crippen LogP contribution in [0.4, 0.5) is 0 Å². The van der Waals surface area contributed by atoms with Crippen molar-refractivity contribution in [2.75, 3.05) is 26.2 Å². The molecule has 0 radical (unpaired) electrons. The highest BCUT2D eigenvalue weighted by atomic mass is 16.2. The van der Waals surface area contributed by atoms with Crippen molar-refractivity contribution in [2.45, 2.75) is 19.4 Å². The van der Waals surface area contributed by atoms with Crippen molar-refractivity contribution < 1.29 is 4.79 Å². The number of hydrogen-bond donors (Lipinski definition) is 0. The maximum atomic E-state index is 12.8. The summed E-state index contributed by atoms with van der Waals surface area (Å²) >= 11 is 0. The van der Waals surface area contributed by atoms with E-state index in [0.29, 0.717) is 5.56 Å². The highest BCUT2D eigenvalue weighted by Gasteiger charge is 2.44. The van der Waals surface area contributed by atoms with Crippen molar-refractivity contribution in [1.29, 1.82) is 0 Å². The zero-order valence-corrected chi connectivity index (χ0v) is 15.3. The Morgan fingerprint density at radius 3 is 2.73 bits per heavy atom. The highest BCUT2D eigenvalue weighted by molar-refractivity contribution is 5.94. The van der Waals surface area contributed by atoms with E-state index in [1.165, 1.54) is 10.6 Å². The summed E-state index contributed by atoms with van der Waals surface area (Å²) in [6, 6.07) is 3.16. The Bertz CT molecular complexity index is 888. The molecular formula is C18H24N6O2. The lowest BCUT2D eigenvalue weighted by atomic mass is 9.86. The third-order valence-electron chi connectivity index (χ3n) is 5.76. The van der Waals surface area contributed by atoms with Crippen molar-refractivity contribution in [3.8, 4) is 0 Å². The molecule has 2 saturated heterocycles. The minimum atomic E-state index is -0.152. The molecule has 1 amide bonds. The van der Waals surface area contributed by atoms with E-state index < -0.39 is 0 Å². The molecule has 0 saturated carbocycles. The first-order chi connectivity index (χ1) is 12.5. The molecule has 8 nitrogen and oxygen atoms in total. The summed E-state index contributed by atoms with van der Waals surface area (Å²) in [5.74, 6) is 0.930. The standard InChI is InChI=1S/C18H24N6O2/c1-21-6-3-14(9-16(21)25)17(26)24-8-5-18(12-24)4-7-23(11-18)10-15-20-19-13-22(15)2/h3,6,9,13H,4-5,7-8,10-12H2,1-2H3. The molecule has 0 aliphatic carbocycles. The molecule has 1 atom stereocenters. The first-order valence-electron chi connectivity index (χ1n) is 8.97. The average Bonchev–Trinajstić information content (AvgIpc) is 3.33. The molecule has 0 N–H and O–H groups in total. The van der Waals surface area contributed by atoms with Crippen molar-refractivity contribution in [1.82, 2.24) is 29.1 Å². The molecule has 2 aromatic heterocycles. The fourth-order valence-corrected chi connectivity index (χ4v) is 4.12. The van der Waals surface area contributed by atoms with Crippen molar-refractivity contribution in [2.24, 2.45) is 19.5 Å². The topological polar surface area (TPSA) is 76.3 Å². The van der Waals surface area contributed by atoms with Crippen LogP contribution in [-0.4, -0.2) is 61.2 Å². The number of likely N-dealkylation sites (tertiary alicyclic amines) is 2. The Morgan fingerprint density at radius 2 is 2.00 bits per heavy atom. The van der Waals surface area contributed by atoms with Crippen LogP contribution in [0, 0.1) is 5.41 Å². The number of aryl methyl sites for hydroxylation is 2. The van der Waals surface area contributed by atoms with E-state index in [-0.39, 0.29) is 16.9 Å². The number of nitrogens with zero attached hydrogens (tertiary/aromatic N) is 6. The van der Waals surface area contributed by atoms with Crippen LogP contribution >= 0.6 is 0 Å². The number of aromatic nitrogens is 4. The zero-order valence-electron chi connectivity index (χ0n) is 15.3.